The van der Waals surface area contributed by atoms with Crippen LogP contribution in [-0.4, -0.2) is 6.29 Å². The molecular formula is C11H17O. The summed E-state index contributed by atoms with van der Waals surface area (Å²) >= 11 is 0. The lowest BCUT2D eigenvalue weighted by atomic mass is 10.1. The molecule has 0 N–H and O–H groups in total. The average molecular weight is 165 g/mol. The minimum atomic E-state index is 1.00. The highest BCUT2D eigenvalue weighted by Crippen LogP contribution is 2.05. The van der Waals surface area contributed by atoms with E-state index in [0.29, 0.717) is 0 Å². The van der Waals surface area contributed by atoms with Crippen LogP contribution in [0.3, 0.4) is 0 Å². The summed E-state index contributed by atoms with van der Waals surface area (Å²) in [6.45, 7) is 3.66. The molecule has 0 heterocycles. The van der Waals surface area contributed by atoms with Crippen molar-refractivity contribution in [1.82, 2.24) is 0 Å². The first-order chi connectivity index (χ1) is 5.91. The summed E-state index contributed by atoms with van der Waals surface area (Å²) in [6, 6.07) is 0. The van der Waals surface area contributed by atoms with Gasteiger partial charge in [-0.25, -0.2) is 0 Å². The predicted octanol–water partition coefficient (Wildman–Crippen LogP) is 3.18. The maximum absolute atomic E-state index is 9.76. The topological polar surface area (TPSA) is 17.1 Å². The summed E-state index contributed by atoms with van der Waals surface area (Å²) < 4.78 is 0. The number of unbranched alkanes of at least 4 members (excludes halogenated alkanes) is 5. The van der Waals surface area contributed by atoms with Crippen molar-refractivity contribution in [3.05, 3.63) is 24.8 Å². The molecule has 1 heteroatoms. The molecule has 0 rings (SSSR count). The van der Waals surface area contributed by atoms with E-state index in [2.05, 4.69) is 6.58 Å². The second-order valence-corrected chi connectivity index (χ2v) is 2.80. The fraction of sp³-hybridized carbons (Fsp3) is 0.545. The van der Waals surface area contributed by atoms with Crippen molar-refractivity contribution in [1.29, 1.82) is 0 Å². The molecule has 0 bridgehead atoms. The fourth-order valence-corrected chi connectivity index (χ4v) is 1.04. The first-order valence-electron chi connectivity index (χ1n) is 4.55. The minimum Gasteiger partial charge on any atom is -0.286 e. The Kier molecular flexibility index (Phi) is 9.43. The first kappa shape index (κ1) is 11.2. The summed E-state index contributed by atoms with van der Waals surface area (Å²) in [4.78, 5) is 9.76. The van der Waals surface area contributed by atoms with Gasteiger partial charge in [0.1, 0.15) is 0 Å². The Bertz CT molecular complexity index is 136. The number of hydrogen-bond acceptors (Lipinski definition) is 1. The molecule has 0 saturated heterocycles. The Morgan fingerprint density at radius 1 is 1.08 bits per heavy atom. The van der Waals surface area contributed by atoms with Gasteiger partial charge in [-0.15, -0.1) is 6.58 Å². The molecule has 0 aliphatic carbocycles. The number of allylic oxidation sites excluding steroid dienone is 3. The van der Waals surface area contributed by atoms with Gasteiger partial charge in [0.05, 0.1) is 0 Å². The van der Waals surface area contributed by atoms with E-state index in [1.54, 1.807) is 6.29 Å². The Balaban J connectivity index is 2.95. The first-order valence-corrected chi connectivity index (χ1v) is 4.55. The lowest BCUT2D eigenvalue weighted by molar-refractivity contribution is 0.564. The van der Waals surface area contributed by atoms with Crippen molar-refractivity contribution in [2.24, 2.45) is 0 Å². The predicted molar refractivity (Wildman–Crippen MR) is 52.7 cm³/mol. The summed E-state index contributed by atoms with van der Waals surface area (Å²) in [5.41, 5.74) is 0. The molecule has 67 valence electrons. The Hall–Kier alpha value is -0.850. The molecule has 0 saturated carbocycles. The maximum Gasteiger partial charge on any atom is 0.225 e. The van der Waals surface area contributed by atoms with Crippen LogP contribution in [0, 0.1) is 0 Å². The van der Waals surface area contributed by atoms with Gasteiger partial charge in [-0.3, -0.25) is 4.79 Å². The van der Waals surface area contributed by atoms with Crippen molar-refractivity contribution < 1.29 is 4.79 Å². The molecule has 0 unspecified atom stereocenters. The van der Waals surface area contributed by atoms with Crippen molar-refractivity contribution in [3.63, 3.8) is 0 Å². The van der Waals surface area contributed by atoms with Crippen LogP contribution in [0.25, 0.3) is 0 Å². The van der Waals surface area contributed by atoms with E-state index in [0.717, 1.165) is 12.8 Å². The summed E-state index contributed by atoms with van der Waals surface area (Å²) in [5, 5.41) is 0. The van der Waals surface area contributed by atoms with E-state index in [1.165, 1.54) is 31.8 Å². The second kappa shape index (κ2) is 10.2. The molecule has 0 aliphatic rings. The van der Waals surface area contributed by atoms with Gasteiger partial charge in [0, 0.05) is 0 Å². The van der Waals surface area contributed by atoms with Gasteiger partial charge >= 0.3 is 0 Å². The number of rotatable bonds is 8. The molecule has 0 aromatic rings. The molecule has 0 aromatic heterocycles. The zero-order valence-corrected chi connectivity index (χ0v) is 7.59. The van der Waals surface area contributed by atoms with E-state index in [4.69, 9.17) is 0 Å². The summed E-state index contributed by atoms with van der Waals surface area (Å²) in [5.74, 6) is 0. The van der Waals surface area contributed by atoms with Crippen LogP contribution in [-0.2, 0) is 4.79 Å². The van der Waals surface area contributed by atoms with Crippen LogP contribution in [0.4, 0.5) is 0 Å². The SMILES string of the molecule is C=CCCCCCC/C=C/[C]=O. The van der Waals surface area contributed by atoms with E-state index in [-0.39, 0.29) is 0 Å². The third-order valence-electron chi connectivity index (χ3n) is 1.71. The monoisotopic (exact) mass is 165 g/mol. The summed E-state index contributed by atoms with van der Waals surface area (Å²) in [7, 11) is 0. The standard InChI is InChI=1S/C11H17O/c1-2-3-4-5-6-7-8-9-10-11-12/h2,9-10H,1,3-8H2/b10-9+. The molecule has 1 radical (unpaired) electrons. The molecule has 0 atom stereocenters. The van der Waals surface area contributed by atoms with Crippen LogP contribution < -0.4 is 0 Å². The largest absolute Gasteiger partial charge is 0.286 e. The zero-order valence-electron chi connectivity index (χ0n) is 7.59. The van der Waals surface area contributed by atoms with E-state index in [9.17, 15) is 4.79 Å². The van der Waals surface area contributed by atoms with Gasteiger partial charge in [0.25, 0.3) is 0 Å². The molecular weight excluding hydrogens is 148 g/mol. The second-order valence-electron chi connectivity index (χ2n) is 2.80. The van der Waals surface area contributed by atoms with Gasteiger partial charge in [0.15, 0.2) is 0 Å². The highest BCUT2D eigenvalue weighted by molar-refractivity contribution is 5.65. The number of hydrogen-bond donors (Lipinski definition) is 0. The van der Waals surface area contributed by atoms with Crippen LogP contribution in [0.5, 0.6) is 0 Å². The normalized spacial score (nSPS) is 10.3. The fourth-order valence-electron chi connectivity index (χ4n) is 1.04. The smallest absolute Gasteiger partial charge is 0.225 e. The van der Waals surface area contributed by atoms with Gasteiger partial charge in [-0.05, 0) is 31.8 Å². The Morgan fingerprint density at radius 3 is 2.33 bits per heavy atom. The van der Waals surface area contributed by atoms with Gasteiger partial charge < -0.3 is 0 Å². The van der Waals surface area contributed by atoms with Crippen molar-refractivity contribution in [3.8, 4) is 0 Å². The highest BCUT2D eigenvalue weighted by Gasteiger charge is 1.86. The number of carbonyl (C=O) groups excluding carboxylic acids is 1. The van der Waals surface area contributed by atoms with Gasteiger partial charge in [-0.2, -0.15) is 0 Å². The summed E-state index contributed by atoms with van der Waals surface area (Å²) in [6.07, 6.45) is 14.1. The van der Waals surface area contributed by atoms with Gasteiger partial charge in [0.2, 0.25) is 6.29 Å². The zero-order chi connectivity index (χ0) is 9.07. The maximum atomic E-state index is 9.76. The lowest BCUT2D eigenvalue weighted by Crippen LogP contribution is -1.76. The molecule has 1 nitrogen and oxygen atoms in total. The lowest BCUT2D eigenvalue weighted by Gasteiger charge is -1.95. The third-order valence-corrected chi connectivity index (χ3v) is 1.71. The molecule has 0 aliphatic heterocycles. The van der Waals surface area contributed by atoms with Crippen LogP contribution in [0.2, 0.25) is 0 Å². The van der Waals surface area contributed by atoms with Crippen molar-refractivity contribution in [2.75, 3.05) is 0 Å². The van der Waals surface area contributed by atoms with Crippen LogP contribution in [0.15, 0.2) is 24.8 Å². The molecule has 0 spiro atoms. The molecule has 12 heavy (non-hydrogen) atoms. The van der Waals surface area contributed by atoms with E-state index in [1.807, 2.05) is 12.2 Å². The van der Waals surface area contributed by atoms with Gasteiger partial charge in [-0.1, -0.05) is 25.0 Å². The molecule has 0 aromatic carbocycles. The average Bonchev–Trinajstić information content (AvgIpc) is 2.10. The quantitative estimate of drug-likeness (QED) is 0.307. The molecule has 0 fully saturated rings. The highest BCUT2D eigenvalue weighted by atomic mass is 16.1. The van der Waals surface area contributed by atoms with Crippen molar-refractivity contribution in [2.45, 2.75) is 38.5 Å². The minimum absolute atomic E-state index is 1.00. The van der Waals surface area contributed by atoms with Crippen molar-refractivity contribution >= 4 is 6.29 Å². The third kappa shape index (κ3) is 9.15. The van der Waals surface area contributed by atoms with E-state index >= 15 is 0 Å². The van der Waals surface area contributed by atoms with Crippen LogP contribution in [0.1, 0.15) is 38.5 Å². The Morgan fingerprint density at radius 2 is 1.75 bits per heavy atom. The van der Waals surface area contributed by atoms with E-state index < -0.39 is 0 Å². The Labute approximate surface area is 75.2 Å². The van der Waals surface area contributed by atoms with Crippen LogP contribution >= 0.6 is 0 Å². The molecule has 0 amide bonds.